The summed E-state index contributed by atoms with van der Waals surface area (Å²) in [4.78, 5) is 12.5. The smallest absolute Gasteiger partial charge is 0.245 e. The maximum absolute atomic E-state index is 10.9. The van der Waals surface area contributed by atoms with Gasteiger partial charge in [-0.2, -0.15) is 0 Å². The summed E-state index contributed by atoms with van der Waals surface area (Å²) < 4.78 is 0. The van der Waals surface area contributed by atoms with Crippen LogP contribution in [0.4, 0.5) is 0 Å². The maximum Gasteiger partial charge on any atom is 0.245 e. The molecule has 0 aromatic heterocycles. The molecule has 58 valence electrons. The van der Waals surface area contributed by atoms with E-state index in [0.29, 0.717) is 19.6 Å². The number of nitrogens with two attached hydrogens (primary N) is 1. The molecule has 0 heterocycles. The van der Waals surface area contributed by atoms with Crippen LogP contribution in [0.1, 0.15) is 6.92 Å². The monoisotopic (exact) mass is 142 g/mol. The van der Waals surface area contributed by atoms with Crippen LogP contribution in [0.5, 0.6) is 0 Å². The Morgan fingerprint density at radius 3 is 2.70 bits per heavy atom. The van der Waals surface area contributed by atoms with Crippen molar-refractivity contribution in [2.75, 3.05) is 19.6 Å². The number of hydrogen-bond donors (Lipinski definition) is 1. The minimum Gasteiger partial charge on any atom is -0.338 e. The zero-order valence-corrected chi connectivity index (χ0v) is 6.34. The summed E-state index contributed by atoms with van der Waals surface area (Å²) in [5, 5.41) is 0. The minimum absolute atomic E-state index is 0.0482. The first-order valence-electron chi connectivity index (χ1n) is 3.37. The van der Waals surface area contributed by atoms with Gasteiger partial charge in [-0.3, -0.25) is 4.79 Å². The van der Waals surface area contributed by atoms with Crippen molar-refractivity contribution in [2.24, 2.45) is 5.73 Å². The summed E-state index contributed by atoms with van der Waals surface area (Å²) in [5.74, 6) is -0.0482. The summed E-state index contributed by atoms with van der Waals surface area (Å²) in [6.07, 6.45) is 1.30. The van der Waals surface area contributed by atoms with Crippen molar-refractivity contribution in [1.29, 1.82) is 0 Å². The second-order valence-corrected chi connectivity index (χ2v) is 1.91. The minimum atomic E-state index is -0.0482. The third-order valence-corrected chi connectivity index (χ3v) is 1.27. The van der Waals surface area contributed by atoms with Crippen molar-refractivity contribution in [3.63, 3.8) is 0 Å². The van der Waals surface area contributed by atoms with Crippen LogP contribution in [0.3, 0.4) is 0 Å². The van der Waals surface area contributed by atoms with Crippen LogP contribution in [-0.4, -0.2) is 30.4 Å². The van der Waals surface area contributed by atoms with Gasteiger partial charge in [-0.25, -0.2) is 0 Å². The SMILES string of the molecule is C=CC(=O)N(CC)CCN. The highest BCUT2D eigenvalue weighted by Gasteiger charge is 2.04. The Hall–Kier alpha value is -0.830. The fraction of sp³-hybridized carbons (Fsp3) is 0.571. The van der Waals surface area contributed by atoms with Crippen molar-refractivity contribution in [3.8, 4) is 0 Å². The molecule has 0 saturated carbocycles. The van der Waals surface area contributed by atoms with Crippen molar-refractivity contribution >= 4 is 5.91 Å². The second kappa shape index (κ2) is 4.99. The van der Waals surface area contributed by atoms with Gasteiger partial charge in [-0.1, -0.05) is 6.58 Å². The standard InChI is InChI=1S/C7H14N2O/c1-3-7(10)9(4-2)6-5-8/h3H,1,4-6,8H2,2H3. The van der Waals surface area contributed by atoms with Crippen molar-refractivity contribution in [1.82, 2.24) is 4.90 Å². The molecule has 2 N–H and O–H groups in total. The van der Waals surface area contributed by atoms with Crippen molar-refractivity contribution < 1.29 is 4.79 Å². The summed E-state index contributed by atoms with van der Waals surface area (Å²) >= 11 is 0. The van der Waals surface area contributed by atoms with Gasteiger partial charge in [0.25, 0.3) is 0 Å². The fourth-order valence-corrected chi connectivity index (χ4v) is 0.709. The molecule has 0 aromatic carbocycles. The Bertz CT molecular complexity index is 123. The second-order valence-electron chi connectivity index (χ2n) is 1.91. The third kappa shape index (κ3) is 2.64. The summed E-state index contributed by atoms with van der Waals surface area (Å²) in [5.41, 5.74) is 5.27. The third-order valence-electron chi connectivity index (χ3n) is 1.27. The predicted molar refractivity (Wildman–Crippen MR) is 41.5 cm³/mol. The van der Waals surface area contributed by atoms with Crippen molar-refractivity contribution in [3.05, 3.63) is 12.7 Å². The molecule has 0 saturated heterocycles. The van der Waals surface area contributed by atoms with Crippen LogP contribution in [0.15, 0.2) is 12.7 Å². The van der Waals surface area contributed by atoms with Gasteiger partial charge in [0.05, 0.1) is 0 Å². The molecule has 1 amide bonds. The zero-order chi connectivity index (χ0) is 7.98. The molecule has 0 aromatic rings. The molecule has 0 radical (unpaired) electrons. The Labute approximate surface area is 61.5 Å². The van der Waals surface area contributed by atoms with Crippen molar-refractivity contribution in [2.45, 2.75) is 6.92 Å². The van der Waals surface area contributed by atoms with Crippen LogP contribution in [0, 0.1) is 0 Å². The average molecular weight is 142 g/mol. The summed E-state index contributed by atoms with van der Waals surface area (Å²) in [6, 6.07) is 0. The summed E-state index contributed by atoms with van der Waals surface area (Å²) in [7, 11) is 0. The Balaban J connectivity index is 3.79. The number of likely N-dealkylation sites (N-methyl/N-ethyl adjacent to an activating group) is 1. The van der Waals surface area contributed by atoms with E-state index in [-0.39, 0.29) is 5.91 Å². The molecule has 0 fully saturated rings. The highest BCUT2D eigenvalue weighted by Crippen LogP contribution is 1.87. The predicted octanol–water partition coefficient (Wildman–Crippen LogP) is -0.0204. The molecule has 3 nitrogen and oxygen atoms in total. The number of rotatable bonds is 4. The van der Waals surface area contributed by atoms with Gasteiger partial charge in [-0.05, 0) is 13.0 Å². The highest BCUT2D eigenvalue weighted by molar-refractivity contribution is 5.86. The van der Waals surface area contributed by atoms with Gasteiger partial charge in [0, 0.05) is 19.6 Å². The number of nitrogens with zero attached hydrogens (tertiary/aromatic N) is 1. The Kier molecular flexibility index (Phi) is 4.58. The van der Waals surface area contributed by atoms with E-state index in [0.717, 1.165) is 0 Å². The number of carbonyl (C=O) groups is 1. The Morgan fingerprint density at radius 1 is 1.80 bits per heavy atom. The van der Waals surface area contributed by atoms with Crippen LogP contribution in [0.25, 0.3) is 0 Å². The summed E-state index contributed by atoms with van der Waals surface area (Å²) in [6.45, 7) is 7.11. The largest absolute Gasteiger partial charge is 0.338 e. The normalized spacial score (nSPS) is 9.00. The lowest BCUT2D eigenvalue weighted by molar-refractivity contribution is -0.125. The topological polar surface area (TPSA) is 46.3 Å². The molecule has 0 unspecified atom stereocenters. The lowest BCUT2D eigenvalue weighted by atomic mass is 10.4. The first-order valence-corrected chi connectivity index (χ1v) is 3.37. The zero-order valence-electron chi connectivity index (χ0n) is 6.34. The van der Waals surface area contributed by atoms with E-state index in [2.05, 4.69) is 6.58 Å². The molecular weight excluding hydrogens is 128 g/mol. The number of hydrogen-bond acceptors (Lipinski definition) is 2. The van der Waals surface area contributed by atoms with Gasteiger partial charge in [0.15, 0.2) is 0 Å². The molecule has 0 spiro atoms. The highest BCUT2D eigenvalue weighted by atomic mass is 16.2. The first kappa shape index (κ1) is 9.17. The molecule has 0 aliphatic heterocycles. The van der Waals surface area contributed by atoms with Crippen LogP contribution < -0.4 is 5.73 Å². The van der Waals surface area contributed by atoms with Gasteiger partial charge in [-0.15, -0.1) is 0 Å². The quantitative estimate of drug-likeness (QED) is 0.561. The number of amides is 1. The Morgan fingerprint density at radius 2 is 2.40 bits per heavy atom. The van der Waals surface area contributed by atoms with Gasteiger partial charge >= 0.3 is 0 Å². The molecule has 0 aliphatic rings. The van der Waals surface area contributed by atoms with Crippen LogP contribution >= 0.6 is 0 Å². The maximum atomic E-state index is 10.9. The number of carbonyl (C=O) groups excluding carboxylic acids is 1. The van der Waals surface area contributed by atoms with Crippen LogP contribution in [-0.2, 0) is 4.79 Å². The van der Waals surface area contributed by atoms with E-state index in [1.807, 2.05) is 6.92 Å². The van der Waals surface area contributed by atoms with E-state index < -0.39 is 0 Å². The van der Waals surface area contributed by atoms with Gasteiger partial charge in [0.1, 0.15) is 0 Å². The molecule has 0 rings (SSSR count). The van der Waals surface area contributed by atoms with E-state index in [1.165, 1.54) is 6.08 Å². The first-order chi connectivity index (χ1) is 4.76. The van der Waals surface area contributed by atoms with E-state index in [1.54, 1.807) is 4.90 Å². The van der Waals surface area contributed by atoms with E-state index in [9.17, 15) is 4.79 Å². The molecule has 0 aliphatic carbocycles. The average Bonchev–Trinajstić information content (AvgIpc) is 1.99. The molecular formula is C7H14N2O. The van der Waals surface area contributed by atoms with E-state index >= 15 is 0 Å². The molecule has 0 atom stereocenters. The molecule has 10 heavy (non-hydrogen) atoms. The van der Waals surface area contributed by atoms with Gasteiger partial charge in [0.2, 0.25) is 5.91 Å². The lowest BCUT2D eigenvalue weighted by Crippen LogP contribution is -2.33. The molecule has 0 bridgehead atoms. The van der Waals surface area contributed by atoms with Crippen LogP contribution in [0.2, 0.25) is 0 Å². The molecule has 3 heteroatoms. The lowest BCUT2D eigenvalue weighted by Gasteiger charge is -2.17. The van der Waals surface area contributed by atoms with E-state index in [4.69, 9.17) is 5.73 Å². The fourth-order valence-electron chi connectivity index (χ4n) is 0.709. The van der Waals surface area contributed by atoms with Gasteiger partial charge < -0.3 is 10.6 Å².